The van der Waals surface area contributed by atoms with Crippen molar-refractivity contribution in [3.05, 3.63) is 0 Å². The molecule has 1 aliphatic rings. The van der Waals surface area contributed by atoms with Crippen LogP contribution in [-0.2, 0) is 14.3 Å². The highest BCUT2D eigenvalue weighted by molar-refractivity contribution is 6.76. The standard InChI is InChI=1S/C13H25NO4Si/c1-7-17-11(15)13(9-19(4,5)6)10(3)14(13)12(16)18-8-2/h10H,7-9H2,1-6H3/t10-,13+,14?/m1/s1. The number of ether oxygens (including phenoxy) is 2. The van der Waals surface area contributed by atoms with Crippen LogP contribution in [0.1, 0.15) is 20.8 Å². The smallest absolute Gasteiger partial charge is 0.411 e. The maximum absolute atomic E-state index is 12.3. The Morgan fingerprint density at radius 3 is 2.11 bits per heavy atom. The lowest BCUT2D eigenvalue weighted by Gasteiger charge is -2.23. The molecule has 19 heavy (non-hydrogen) atoms. The third-order valence-electron chi connectivity index (χ3n) is 3.33. The van der Waals surface area contributed by atoms with Gasteiger partial charge in [0.2, 0.25) is 0 Å². The zero-order chi connectivity index (χ0) is 14.8. The van der Waals surface area contributed by atoms with Gasteiger partial charge in [-0.2, -0.15) is 0 Å². The van der Waals surface area contributed by atoms with Crippen LogP contribution in [-0.4, -0.2) is 49.8 Å². The largest absolute Gasteiger partial charge is 0.464 e. The summed E-state index contributed by atoms with van der Waals surface area (Å²) in [5.41, 5.74) is -0.799. The first-order valence-corrected chi connectivity index (χ1v) is 10.5. The molecule has 1 fully saturated rings. The van der Waals surface area contributed by atoms with Gasteiger partial charge in [-0.15, -0.1) is 0 Å². The van der Waals surface area contributed by atoms with E-state index in [1.807, 2.05) is 6.92 Å². The van der Waals surface area contributed by atoms with E-state index in [0.717, 1.165) is 0 Å². The highest BCUT2D eigenvalue weighted by Gasteiger charge is 2.70. The molecule has 0 unspecified atom stereocenters. The molecule has 2 atom stereocenters. The summed E-state index contributed by atoms with van der Waals surface area (Å²) in [6.45, 7) is 12.6. The first kappa shape index (κ1) is 16.0. The van der Waals surface area contributed by atoms with E-state index in [-0.39, 0.29) is 12.0 Å². The van der Waals surface area contributed by atoms with Crippen molar-refractivity contribution in [2.24, 2.45) is 0 Å². The average molecular weight is 287 g/mol. The molecular formula is C13H25NO4Si. The molecule has 1 saturated heterocycles. The number of carbonyl (C=O) groups excluding carboxylic acids is 2. The Balaban J connectivity index is 2.96. The van der Waals surface area contributed by atoms with Crippen LogP contribution in [0.5, 0.6) is 0 Å². The maximum Gasteiger partial charge on any atom is 0.411 e. The third kappa shape index (κ3) is 3.10. The minimum atomic E-state index is -1.52. The van der Waals surface area contributed by atoms with Gasteiger partial charge in [0.05, 0.1) is 19.3 Å². The first-order chi connectivity index (χ1) is 8.70. The van der Waals surface area contributed by atoms with Gasteiger partial charge in [-0.25, -0.2) is 9.59 Å². The van der Waals surface area contributed by atoms with E-state index in [4.69, 9.17) is 9.47 Å². The molecule has 0 aliphatic carbocycles. The number of hydrogen-bond acceptors (Lipinski definition) is 4. The molecule has 1 heterocycles. The normalized spacial score (nSPS) is 26.0. The van der Waals surface area contributed by atoms with E-state index in [1.54, 1.807) is 13.8 Å². The molecule has 1 aliphatic heterocycles. The molecule has 0 N–H and O–H groups in total. The zero-order valence-electron chi connectivity index (χ0n) is 12.8. The molecular weight excluding hydrogens is 262 g/mol. The number of rotatable bonds is 5. The predicted molar refractivity (Wildman–Crippen MR) is 75.8 cm³/mol. The van der Waals surface area contributed by atoms with Gasteiger partial charge < -0.3 is 9.47 Å². The Labute approximate surface area is 116 Å². The summed E-state index contributed by atoms with van der Waals surface area (Å²) in [6.07, 6.45) is -0.415. The van der Waals surface area contributed by atoms with Crippen molar-refractivity contribution in [1.29, 1.82) is 0 Å². The van der Waals surface area contributed by atoms with Gasteiger partial charge in [0.15, 0.2) is 5.54 Å². The minimum Gasteiger partial charge on any atom is -0.464 e. The predicted octanol–water partition coefficient (Wildman–Crippen LogP) is 2.49. The van der Waals surface area contributed by atoms with Crippen LogP contribution in [0.15, 0.2) is 0 Å². The highest BCUT2D eigenvalue weighted by Crippen LogP contribution is 2.48. The minimum absolute atomic E-state index is 0.141. The van der Waals surface area contributed by atoms with Crippen molar-refractivity contribution in [3.8, 4) is 0 Å². The van der Waals surface area contributed by atoms with Gasteiger partial charge in [0.1, 0.15) is 0 Å². The molecule has 0 radical (unpaired) electrons. The van der Waals surface area contributed by atoms with Gasteiger partial charge >= 0.3 is 12.1 Å². The number of amides is 1. The summed E-state index contributed by atoms with van der Waals surface area (Å²) in [4.78, 5) is 25.8. The van der Waals surface area contributed by atoms with Crippen LogP contribution in [0.25, 0.3) is 0 Å². The topological polar surface area (TPSA) is 55.6 Å². The van der Waals surface area contributed by atoms with Crippen molar-refractivity contribution < 1.29 is 19.1 Å². The van der Waals surface area contributed by atoms with Crippen LogP contribution in [0.2, 0.25) is 25.7 Å². The van der Waals surface area contributed by atoms with Gasteiger partial charge in [0.25, 0.3) is 0 Å². The molecule has 1 rings (SSSR count). The van der Waals surface area contributed by atoms with E-state index < -0.39 is 19.7 Å². The Morgan fingerprint density at radius 1 is 1.16 bits per heavy atom. The summed E-state index contributed by atoms with van der Waals surface area (Å²) in [5, 5.41) is 0. The monoisotopic (exact) mass is 287 g/mol. The highest BCUT2D eigenvalue weighted by atomic mass is 28.3. The summed E-state index contributed by atoms with van der Waals surface area (Å²) in [5.74, 6) is -0.294. The van der Waals surface area contributed by atoms with E-state index in [9.17, 15) is 9.59 Å². The Hall–Kier alpha value is -1.04. The lowest BCUT2D eigenvalue weighted by Crippen LogP contribution is -2.41. The van der Waals surface area contributed by atoms with E-state index >= 15 is 0 Å². The van der Waals surface area contributed by atoms with Crippen LogP contribution in [0.4, 0.5) is 4.79 Å². The molecule has 110 valence electrons. The number of esters is 1. The van der Waals surface area contributed by atoms with Gasteiger partial charge in [-0.05, 0) is 26.8 Å². The van der Waals surface area contributed by atoms with E-state index in [2.05, 4.69) is 19.6 Å². The van der Waals surface area contributed by atoms with E-state index in [0.29, 0.717) is 19.3 Å². The number of nitrogens with zero attached hydrogens (tertiary/aromatic N) is 1. The summed E-state index contributed by atoms with van der Waals surface area (Å²) >= 11 is 0. The van der Waals surface area contributed by atoms with E-state index in [1.165, 1.54) is 4.90 Å². The van der Waals surface area contributed by atoms with Crippen molar-refractivity contribution in [3.63, 3.8) is 0 Å². The molecule has 0 saturated carbocycles. The molecule has 5 nitrogen and oxygen atoms in total. The van der Waals surface area contributed by atoms with Crippen LogP contribution in [0.3, 0.4) is 0 Å². The molecule has 0 spiro atoms. The lowest BCUT2D eigenvalue weighted by molar-refractivity contribution is -0.146. The second-order valence-corrected chi connectivity index (χ2v) is 11.6. The molecule has 0 aromatic carbocycles. The second-order valence-electron chi connectivity index (χ2n) is 6.13. The Bertz CT molecular complexity index is 366. The maximum atomic E-state index is 12.3. The molecule has 6 heteroatoms. The second kappa shape index (κ2) is 5.52. The van der Waals surface area contributed by atoms with Crippen LogP contribution < -0.4 is 0 Å². The fourth-order valence-electron chi connectivity index (χ4n) is 2.63. The van der Waals surface area contributed by atoms with Gasteiger partial charge in [-0.1, -0.05) is 19.6 Å². The van der Waals surface area contributed by atoms with Crippen LogP contribution >= 0.6 is 0 Å². The zero-order valence-corrected chi connectivity index (χ0v) is 13.8. The fourth-order valence-corrected chi connectivity index (χ4v) is 4.86. The van der Waals surface area contributed by atoms with Gasteiger partial charge in [-0.3, -0.25) is 4.90 Å². The van der Waals surface area contributed by atoms with Gasteiger partial charge in [0, 0.05) is 8.07 Å². The van der Waals surface area contributed by atoms with Crippen molar-refractivity contribution in [1.82, 2.24) is 4.90 Å². The van der Waals surface area contributed by atoms with Crippen molar-refractivity contribution in [2.45, 2.75) is 58.0 Å². The fraction of sp³-hybridized carbons (Fsp3) is 0.846. The number of hydrogen-bond donors (Lipinski definition) is 0. The van der Waals surface area contributed by atoms with Crippen LogP contribution in [0, 0.1) is 0 Å². The molecule has 0 aromatic rings. The number of carbonyl (C=O) groups is 2. The SMILES string of the molecule is CCOC(=O)N1[C@H](C)[C@@]1(C[Si](C)(C)C)C(=O)OCC. The Kier molecular flexibility index (Phi) is 4.66. The Morgan fingerprint density at radius 2 is 1.68 bits per heavy atom. The van der Waals surface area contributed by atoms with Crippen molar-refractivity contribution in [2.75, 3.05) is 13.2 Å². The molecule has 0 bridgehead atoms. The molecule has 1 amide bonds. The lowest BCUT2D eigenvalue weighted by atomic mass is 10.1. The third-order valence-corrected chi connectivity index (χ3v) is 4.93. The average Bonchev–Trinajstić information content (AvgIpc) is 2.83. The van der Waals surface area contributed by atoms with Crippen molar-refractivity contribution >= 4 is 20.1 Å². The summed E-state index contributed by atoms with van der Waals surface area (Å²) < 4.78 is 10.2. The quantitative estimate of drug-likeness (QED) is 0.443. The molecule has 0 aromatic heterocycles. The summed E-state index contributed by atoms with van der Waals surface area (Å²) in [6, 6.07) is 0.566. The summed E-state index contributed by atoms with van der Waals surface area (Å²) in [7, 11) is -1.52. The first-order valence-electron chi connectivity index (χ1n) is 6.84.